The second kappa shape index (κ2) is 4.92. The zero-order chi connectivity index (χ0) is 14.2. The Labute approximate surface area is 124 Å². The van der Waals surface area contributed by atoms with Crippen LogP contribution in [0.4, 0.5) is 0 Å². The van der Waals surface area contributed by atoms with Gasteiger partial charge in [-0.1, -0.05) is 26.8 Å². The van der Waals surface area contributed by atoms with Crippen molar-refractivity contribution in [3.63, 3.8) is 0 Å². The molecule has 0 unspecified atom stereocenters. The maximum Gasteiger partial charge on any atom is 0.357 e. The van der Waals surface area contributed by atoms with Crippen LogP contribution in [0.3, 0.4) is 0 Å². The van der Waals surface area contributed by atoms with E-state index in [1.54, 1.807) is 10.9 Å². The number of aromatic nitrogens is 3. The predicted molar refractivity (Wildman–Crippen MR) is 79.7 cm³/mol. The zero-order valence-electron chi connectivity index (χ0n) is 10.9. The Morgan fingerprint density at radius 1 is 1.37 bits per heavy atom. The van der Waals surface area contributed by atoms with E-state index in [2.05, 4.69) is 10.1 Å². The van der Waals surface area contributed by atoms with Gasteiger partial charge in [-0.05, 0) is 34.7 Å². The number of carbonyl (C=O) groups is 1. The van der Waals surface area contributed by atoms with E-state index < -0.39 is 5.97 Å². The van der Waals surface area contributed by atoms with Gasteiger partial charge >= 0.3 is 5.97 Å². The Balaban J connectivity index is 2.74. The molecule has 0 atom stereocenters. The molecule has 0 amide bonds. The number of carboxylic acid groups (broad SMARTS) is 1. The highest BCUT2D eigenvalue weighted by Crippen LogP contribution is 2.31. The van der Waals surface area contributed by atoms with Crippen LogP contribution in [0.5, 0.6) is 0 Å². The molecular weight excluding hydrogens is 357 g/mol. The SMILES string of the molecule is CC(C)(C)c1c(I)c(C(=O)O)nn1-c1ccccn1. The van der Waals surface area contributed by atoms with E-state index in [4.69, 9.17) is 0 Å². The van der Waals surface area contributed by atoms with Crippen LogP contribution >= 0.6 is 22.6 Å². The van der Waals surface area contributed by atoms with Crippen molar-refractivity contribution in [2.75, 3.05) is 0 Å². The van der Waals surface area contributed by atoms with Crippen molar-refractivity contribution in [1.82, 2.24) is 14.8 Å². The molecule has 0 aromatic carbocycles. The summed E-state index contributed by atoms with van der Waals surface area (Å²) in [7, 11) is 0. The van der Waals surface area contributed by atoms with E-state index in [9.17, 15) is 9.90 Å². The average Bonchev–Trinajstić information content (AvgIpc) is 2.68. The molecule has 6 heteroatoms. The molecule has 0 aliphatic heterocycles. The van der Waals surface area contributed by atoms with Crippen molar-refractivity contribution in [2.45, 2.75) is 26.2 Å². The van der Waals surface area contributed by atoms with Gasteiger partial charge < -0.3 is 5.11 Å². The van der Waals surface area contributed by atoms with Crippen LogP contribution in [0.15, 0.2) is 24.4 Å². The fraction of sp³-hybridized carbons (Fsp3) is 0.308. The lowest BCUT2D eigenvalue weighted by molar-refractivity contribution is 0.0689. The molecule has 2 rings (SSSR count). The summed E-state index contributed by atoms with van der Waals surface area (Å²) in [6.07, 6.45) is 1.66. The zero-order valence-corrected chi connectivity index (χ0v) is 13.0. The van der Waals surface area contributed by atoms with Gasteiger partial charge in [0.2, 0.25) is 0 Å². The number of pyridine rings is 1. The molecule has 2 heterocycles. The van der Waals surface area contributed by atoms with Crippen molar-refractivity contribution in [3.05, 3.63) is 39.4 Å². The molecule has 0 fully saturated rings. The van der Waals surface area contributed by atoms with Gasteiger partial charge in [-0.25, -0.2) is 14.5 Å². The van der Waals surface area contributed by atoms with Crippen molar-refractivity contribution in [3.8, 4) is 5.82 Å². The predicted octanol–water partition coefficient (Wildman–Crippen LogP) is 2.87. The normalized spacial score (nSPS) is 11.6. The topological polar surface area (TPSA) is 68.0 Å². The van der Waals surface area contributed by atoms with Gasteiger partial charge in [0.05, 0.1) is 9.26 Å². The number of hydrogen-bond donors (Lipinski definition) is 1. The number of halogens is 1. The summed E-state index contributed by atoms with van der Waals surface area (Å²) in [5, 5.41) is 13.4. The molecule has 2 aromatic rings. The van der Waals surface area contributed by atoms with Crippen LogP contribution in [-0.2, 0) is 5.41 Å². The number of nitrogens with zero attached hydrogens (tertiary/aromatic N) is 3. The summed E-state index contributed by atoms with van der Waals surface area (Å²) >= 11 is 2.04. The first-order valence-corrected chi connectivity index (χ1v) is 6.84. The monoisotopic (exact) mass is 371 g/mol. The van der Waals surface area contributed by atoms with E-state index in [0.29, 0.717) is 9.39 Å². The second-order valence-electron chi connectivity index (χ2n) is 5.17. The van der Waals surface area contributed by atoms with E-state index in [0.717, 1.165) is 5.69 Å². The largest absolute Gasteiger partial charge is 0.476 e. The third-order valence-electron chi connectivity index (χ3n) is 2.61. The van der Waals surface area contributed by atoms with Gasteiger partial charge in [-0.3, -0.25) is 0 Å². The maximum absolute atomic E-state index is 11.2. The first kappa shape index (κ1) is 14.0. The molecule has 2 aromatic heterocycles. The summed E-state index contributed by atoms with van der Waals surface area (Å²) in [5.74, 6) is -0.401. The summed E-state index contributed by atoms with van der Waals surface area (Å²) < 4.78 is 2.27. The molecule has 0 aliphatic rings. The summed E-state index contributed by atoms with van der Waals surface area (Å²) in [5.41, 5.74) is 0.690. The van der Waals surface area contributed by atoms with E-state index in [1.165, 1.54) is 0 Å². The van der Waals surface area contributed by atoms with Crippen LogP contribution in [0.25, 0.3) is 5.82 Å². The van der Waals surface area contributed by atoms with Crippen LogP contribution in [-0.4, -0.2) is 25.8 Å². The Hall–Kier alpha value is -1.44. The lowest BCUT2D eigenvalue weighted by Gasteiger charge is -2.20. The van der Waals surface area contributed by atoms with Gasteiger partial charge in [0.15, 0.2) is 11.5 Å². The molecule has 0 radical (unpaired) electrons. The van der Waals surface area contributed by atoms with E-state index in [-0.39, 0.29) is 11.1 Å². The lowest BCUT2D eigenvalue weighted by Crippen LogP contribution is -2.19. The third-order valence-corrected chi connectivity index (χ3v) is 3.63. The third kappa shape index (κ3) is 2.63. The van der Waals surface area contributed by atoms with Gasteiger partial charge in [0, 0.05) is 11.6 Å². The first-order chi connectivity index (χ1) is 8.82. The smallest absolute Gasteiger partial charge is 0.357 e. The average molecular weight is 371 g/mol. The minimum Gasteiger partial charge on any atom is -0.476 e. The van der Waals surface area contributed by atoms with Crippen molar-refractivity contribution >= 4 is 28.6 Å². The standard InChI is InChI=1S/C13H14IN3O2/c1-13(2,3)11-9(14)10(12(18)19)16-17(11)8-6-4-5-7-15-8/h4-7H,1-3H3,(H,18,19). The number of hydrogen-bond acceptors (Lipinski definition) is 3. The molecule has 100 valence electrons. The van der Waals surface area contributed by atoms with Crippen LogP contribution < -0.4 is 0 Å². The van der Waals surface area contributed by atoms with E-state index >= 15 is 0 Å². The minimum atomic E-state index is -1.02. The van der Waals surface area contributed by atoms with Crippen molar-refractivity contribution < 1.29 is 9.90 Å². The van der Waals surface area contributed by atoms with Crippen LogP contribution in [0.2, 0.25) is 0 Å². The second-order valence-corrected chi connectivity index (χ2v) is 6.24. The van der Waals surface area contributed by atoms with E-state index in [1.807, 2.05) is 61.6 Å². The van der Waals surface area contributed by atoms with Gasteiger partial charge in [-0.15, -0.1) is 0 Å². The van der Waals surface area contributed by atoms with Gasteiger partial charge in [0.25, 0.3) is 0 Å². The Morgan fingerprint density at radius 3 is 2.53 bits per heavy atom. The maximum atomic E-state index is 11.2. The quantitative estimate of drug-likeness (QED) is 0.825. The van der Waals surface area contributed by atoms with Gasteiger partial charge in [0.1, 0.15) is 0 Å². The number of carboxylic acids is 1. The highest BCUT2D eigenvalue weighted by molar-refractivity contribution is 14.1. The lowest BCUT2D eigenvalue weighted by atomic mass is 9.92. The van der Waals surface area contributed by atoms with Gasteiger partial charge in [-0.2, -0.15) is 5.10 Å². The molecule has 5 nitrogen and oxygen atoms in total. The molecule has 0 bridgehead atoms. The Morgan fingerprint density at radius 2 is 2.05 bits per heavy atom. The fourth-order valence-electron chi connectivity index (χ4n) is 1.83. The Kier molecular flexibility index (Phi) is 3.62. The van der Waals surface area contributed by atoms with Crippen molar-refractivity contribution in [2.24, 2.45) is 0 Å². The number of rotatable bonds is 2. The Bertz CT molecular complexity index is 615. The highest BCUT2D eigenvalue weighted by atomic mass is 127. The molecule has 1 N–H and O–H groups in total. The van der Waals surface area contributed by atoms with Crippen molar-refractivity contribution in [1.29, 1.82) is 0 Å². The minimum absolute atomic E-state index is 0.0659. The number of aromatic carboxylic acids is 1. The molecule has 0 saturated heterocycles. The fourth-order valence-corrected chi connectivity index (χ4v) is 3.20. The molecule has 0 saturated carbocycles. The van der Waals surface area contributed by atoms with Crippen LogP contribution in [0.1, 0.15) is 37.0 Å². The highest BCUT2D eigenvalue weighted by Gasteiger charge is 2.29. The summed E-state index contributed by atoms with van der Waals surface area (Å²) in [6.45, 7) is 6.08. The molecule has 0 spiro atoms. The first-order valence-electron chi connectivity index (χ1n) is 5.76. The summed E-state index contributed by atoms with van der Waals surface area (Å²) in [4.78, 5) is 15.5. The van der Waals surface area contributed by atoms with Crippen LogP contribution in [0, 0.1) is 3.57 Å². The summed E-state index contributed by atoms with van der Waals surface area (Å²) in [6, 6.07) is 5.47. The molecule has 19 heavy (non-hydrogen) atoms. The molecule has 0 aliphatic carbocycles. The molecular formula is C13H14IN3O2.